The fourth-order valence-corrected chi connectivity index (χ4v) is 2.71. The van der Waals surface area contributed by atoms with Gasteiger partial charge in [-0.25, -0.2) is 0 Å². The highest BCUT2D eigenvalue weighted by Crippen LogP contribution is 2.36. The van der Waals surface area contributed by atoms with Crippen molar-refractivity contribution in [2.75, 3.05) is 11.9 Å². The van der Waals surface area contributed by atoms with E-state index in [0.29, 0.717) is 0 Å². The summed E-state index contributed by atoms with van der Waals surface area (Å²) in [5.74, 6) is 0. The Labute approximate surface area is 107 Å². The maximum atomic E-state index is 3.64. The molecule has 0 amide bonds. The molecule has 80 valence electrons. The Kier molecular flexibility index (Phi) is 3.52. The number of allylic oxidation sites excluding steroid dienone is 1. The second-order valence-electron chi connectivity index (χ2n) is 3.75. The lowest BCUT2D eigenvalue weighted by Gasteiger charge is -2.16. The Morgan fingerprint density at radius 1 is 1.27 bits per heavy atom. The number of hydrogen-bond donors (Lipinski definition) is 1. The van der Waals surface area contributed by atoms with Crippen LogP contribution in [0.15, 0.2) is 21.1 Å². The van der Waals surface area contributed by atoms with Crippen molar-refractivity contribution in [2.45, 2.75) is 19.8 Å². The van der Waals surface area contributed by atoms with Crippen molar-refractivity contribution in [3.8, 4) is 0 Å². The zero-order valence-electron chi connectivity index (χ0n) is 8.61. The maximum absolute atomic E-state index is 3.64. The van der Waals surface area contributed by atoms with Crippen LogP contribution in [0, 0.1) is 6.92 Å². The van der Waals surface area contributed by atoms with Crippen LogP contribution in [0.1, 0.15) is 24.0 Å². The fourth-order valence-electron chi connectivity index (χ4n) is 1.72. The molecule has 0 unspecified atom stereocenters. The molecule has 0 aromatic heterocycles. The van der Waals surface area contributed by atoms with E-state index in [1.54, 1.807) is 0 Å². The number of benzene rings is 1. The summed E-state index contributed by atoms with van der Waals surface area (Å²) < 4.78 is 2.29. The van der Waals surface area contributed by atoms with Gasteiger partial charge in [-0.15, -0.1) is 0 Å². The summed E-state index contributed by atoms with van der Waals surface area (Å²) in [5.41, 5.74) is 3.72. The third-order valence-electron chi connectivity index (χ3n) is 2.57. The first-order valence-electron chi connectivity index (χ1n) is 5.09. The second kappa shape index (κ2) is 4.71. The molecule has 0 radical (unpaired) electrons. The fraction of sp³-hybridized carbons (Fsp3) is 0.333. The van der Waals surface area contributed by atoms with E-state index in [2.05, 4.69) is 62.3 Å². The predicted octanol–water partition coefficient (Wildman–Crippen LogP) is 4.74. The summed E-state index contributed by atoms with van der Waals surface area (Å²) in [6.45, 7) is 3.16. The first-order valence-corrected chi connectivity index (χ1v) is 6.68. The van der Waals surface area contributed by atoms with E-state index < -0.39 is 0 Å². The summed E-state index contributed by atoms with van der Waals surface area (Å²) >= 11 is 7.23. The van der Waals surface area contributed by atoms with Gasteiger partial charge in [-0.2, -0.15) is 0 Å². The summed E-state index contributed by atoms with van der Waals surface area (Å²) in [7, 11) is 0. The molecule has 0 atom stereocenters. The summed E-state index contributed by atoms with van der Waals surface area (Å²) in [6.07, 6.45) is 6.77. The molecule has 0 fully saturated rings. The van der Waals surface area contributed by atoms with Gasteiger partial charge in [0, 0.05) is 26.7 Å². The lowest BCUT2D eigenvalue weighted by Crippen LogP contribution is -2.05. The van der Waals surface area contributed by atoms with Gasteiger partial charge in [0.2, 0.25) is 0 Å². The topological polar surface area (TPSA) is 12.0 Å². The third-order valence-corrected chi connectivity index (χ3v) is 4.95. The zero-order valence-corrected chi connectivity index (χ0v) is 11.8. The van der Waals surface area contributed by atoms with Crippen LogP contribution in [0.25, 0.3) is 6.08 Å². The van der Waals surface area contributed by atoms with Crippen molar-refractivity contribution in [3.63, 3.8) is 0 Å². The molecule has 0 aliphatic carbocycles. The van der Waals surface area contributed by atoms with Crippen LogP contribution in [-0.2, 0) is 0 Å². The predicted molar refractivity (Wildman–Crippen MR) is 73.3 cm³/mol. The number of rotatable bonds is 0. The first kappa shape index (κ1) is 11.2. The Hall–Kier alpha value is -0.280. The number of fused-ring (bicyclic) bond motifs is 1. The number of halogens is 2. The highest BCUT2D eigenvalue weighted by molar-refractivity contribution is 9.13. The molecular formula is C12H13Br2N. The number of aryl methyl sites for hydroxylation is 1. The molecule has 0 spiro atoms. The van der Waals surface area contributed by atoms with Crippen LogP contribution < -0.4 is 5.32 Å². The molecule has 1 aliphatic rings. The number of anilines is 1. The minimum Gasteiger partial charge on any atom is -0.385 e. The van der Waals surface area contributed by atoms with Crippen molar-refractivity contribution in [2.24, 2.45) is 0 Å². The van der Waals surface area contributed by atoms with Crippen molar-refractivity contribution < 1.29 is 0 Å². The molecule has 0 saturated heterocycles. The molecule has 0 saturated carbocycles. The lowest BCUT2D eigenvalue weighted by molar-refractivity contribution is 0.887. The normalized spacial score (nSPS) is 17.3. The second-order valence-corrected chi connectivity index (χ2v) is 5.34. The molecule has 1 heterocycles. The quantitative estimate of drug-likeness (QED) is 0.724. The lowest BCUT2D eigenvalue weighted by atomic mass is 10.1. The van der Waals surface area contributed by atoms with Crippen LogP contribution in [-0.4, -0.2) is 6.54 Å². The van der Waals surface area contributed by atoms with Gasteiger partial charge in [-0.05, 0) is 63.3 Å². The van der Waals surface area contributed by atoms with Gasteiger partial charge >= 0.3 is 0 Å². The Bertz CT molecular complexity index is 411. The van der Waals surface area contributed by atoms with Crippen molar-refractivity contribution in [1.29, 1.82) is 0 Å². The smallest absolute Gasteiger partial charge is 0.0428 e. The molecule has 1 N–H and O–H groups in total. The van der Waals surface area contributed by atoms with Crippen LogP contribution >= 0.6 is 31.9 Å². The summed E-state index contributed by atoms with van der Waals surface area (Å²) in [4.78, 5) is 0. The first-order chi connectivity index (χ1) is 7.20. The average Bonchev–Trinajstić information content (AvgIpc) is 2.18. The van der Waals surface area contributed by atoms with Crippen LogP contribution in [0.5, 0.6) is 0 Å². The Morgan fingerprint density at radius 2 is 2.07 bits per heavy atom. The third kappa shape index (κ3) is 2.28. The Morgan fingerprint density at radius 3 is 2.87 bits per heavy atom. The summed E-state index contributed by atoms with van der Waals surface area (Å²) in [5, 5.41) is 3.47. The van der Waals surface area contributed by atoms with Gasteiger partial charge in [0.15, 0.2) is 0 Å². The van der Waals surface area contributed by atoms with Crippen molar-refractivity contribution in [1.82, 2.24) is 0 Å². The minimum atomic E-state index is 1.05. The minimum absolute atomic E-state index is 1.05. The van der Waals surface area contributed by atoms with E-state index in [4.69, 9.17) is 0 Å². The average molecular weight is 331 g/mol. The highest BCUT2D eigenvalue weighted by atomic mass is 79.9. The van der Waals surface area contributed by atoms with Gasteiger partial charge in [-0.1, -0.05) is 12.2 Å². The number of nitrogens with one attached hydrogen (secondary N) is 1. The van der Waals surface area contributed by atoms with E-state index >= 15 is 0 Å². The van der Waals surface area contributed by atoms with E-state index in [9.17, 15) is 0 Å². The van der Waals surface area contributed by atoms with Gasteiger partial charge in [0.25, 0.3) is 0 Å². The van der Waals surface area contributed by atoms with Gasteiger partial charge in [0.1, 0.15) is 0 Å². The van der Waals surface area contributed by atoms with E-state index in [0.717, 1.165) is 21.9 Å². The van der Waals surface area contributed by atoms with E-state index in [1.807, 2.05) is 0 Å². The van der Waals surface area contributed by atoms with E-state index in [1.165, 1.54) is 23.2 Å². The standard InChI is InChI=1S/C12H13Br2N/c1-8-7-10-9(12(14)11(8)13)5-3-2-4-6-15-10/h3,5,7,15H,2,4,6H2,1H3/b5-3+. The van der Waals surface area contributed by atoms with Gasteiger partial charge < -0.3 is 5.32 Å². The molecule has 0 bridgehead atoms. The van der Waals surface area contributed by atoms with Crippen LogP contribution in [0.2, 0.25) is 0 Å². The largest absolute Gasteiger partial charge is 0.385 e. The Balaban J connectivity index is 2.58. The zero-order chi connectivity index (χ0) is 10.8. The number of hydrogen-bond acceptors (Lipinski definition) is 1. The van der Waals surface area contributed by atoms with Gasteiger partial charge in [0.05, 0.1) is 0 Å². The molecule has 1 aromatic rings. The molecule has 2 rings (SSSR count). The molecule has 15 heavy (non-hydrogen) atoms. The monoisotopic (exact) mass is 329 g/mol. The molecule has 1 nitrogen and oxygen atoms in total. The SMILES string of the molecule is Cc1cc2c(c(Br)c1Br)/C=C/CCCN2. The van der Waals surface area contributed by atoms with E-state index in [-0.39, 0.29) is 0 Å². The molecular weight excluding hydrogens is 318 g/mol. The van der Waals surface area contributed by atoms with Crippen molar-refractivity contribution >= 4 is 43.6 Å². The highest BCUT2D eigenvalue weighted by Gasteiger charge is 2.11. The molecule has 1 aromatic carbocycles. The van der Waals surface area contributed by atoms with Crippen LogP contribution in [0.4, 0.5) is 5.69 Å². The van der Waals surface area contributed by atoms with Crippen molar-refractivity contribution in [3.05, 3.63) is 32.2 Å². The maximum Gasteiger partial charge on any atom is 0.0428 e. The summed E-state index contributed by atoms with van der Waals surface area (Å²) in [6, 6.07) is 2.19. The molecule has 3 heteroatoms. The molecule has 1 aliphatic heterocycles. The van der Waals surface area contributed by atoms with Gasteiger partial charge in [-0.3, -0.25) is 0 Å². The van der Waals surface area contributed by atoms with Crippen LogP contribution in [0.3, 0.4) is 0 Å².